The summed E-state index contributed by atoms with van der Waals surface area (Å²) < 4.78 is 42.1. The minimum absolute atomic E-state index is 0.0552. The summed E-state index contributed by atoms with van der Waals surface area (Å²) in [4.78, 5) is 0. The fourth-order valence-corrected chi connectivity index (χ4v) is 2.21. The van der Waals surface area contributed by atoms with E-state index in [-0.39, 0.29) is 12.5 Å². The van der Waals surface area contributed by atoms with Crippen LogP contribution in [0.15, 0.2) is 18.2 Å². The molecule has 1 aromatic rings. The van der Waals surface area contributed by atoms with Crippen LogP contribution in [0.2, 0.25) is 0 Å². The molecule has 0 saturated carbocycles. The third-order valence-electron chi connectivity index (χ3n) is 3.18. The second-order valence-electron chi connectivity index (χ2n) is 4.46. The summed E-state index contributed by atoms with van der Waals surface area (Å²) in [6.07, 6.45) is -3.99. The zero-order valence-electron chi connectivity index (χ0n) is 10.2. The molecule has 1 heterocycles. The van der Waals surface area contributed by atoms with Crippen molar-refractivity contribution >= 4 is 0 Å². The summed E-state index contributed by atoms with van der Waals surface area (Å²) in [5.74, 6) is 0.851. The van der Waals surface area contributed by atoms with Crippen LogP contribution < -0.4 is 10.1 Å². The van der Waals surface area contributed by atoms with Crippen molar-refractivity contribution in [2.75, 3.05) is 13.7 Å². The zero-order chi connectivity index (χ0) is 13.2. The molecule has 0 spiro atoms. The van der Waals surface area contributed by atoms with Gasteiger partial charge < -0.3 is 10.1 Å². The number of halogens is 3. The van der Waals surface area contributed by atoms with Crippen molar-refractivity contribution in [1.29, 1.82) is 0 Å². The Morgan fingerprint density at radius 2 is 2.17 bits per heavy atom. The van der Waals surface area contributed by atoms with E-state index in [0.717, 1.165) is 23.3 Å². The molecule has 0 fully saturated rings. The second kappa shape index (κ2) is 5.18. The molecule has 0 aromatic heterocycles. The van der Waals surface area contributed by atoms with Crippen LogP contribution in [0, 0.1) is 0 Å². The van der Waals surface area contributed by atoms with Crippen LogP contribution >= 0.6 is 0 Å². The average Bonchev–Trinajstić information content (AvgIpc) is 2.75. The van der Waals surface area contributed by atoms with Crippen LogP contribution in [-0.4, -0.2) is 19.8 Å². The van der Waals surface area contributed by atoms with Gasteiger partial charge in [0.1, 0.15) is 5.75 Å². The first-order valence-electron chi connectivity index (χ1n) is 5.99. The minimum Gasteiger partial charge on any atom is -0.493 e. The van der Waals surface area contributed by atoms with Crippen molar-refractivity contribution in [2.24, 2.45) is 0 Å². The lowest BCUT2D eigenvalue weighted by Crippen LogP contribution is -2.19. The van der Waals surface area contributed by atoms with Crippen molar-refractivity contribution in [3.05, 3.63) is 29.3 Å². The van der Waals surface area contributed by atoms with Gasteiger partial charge in [0.25, 0.3) is 0 Å². The lowest BCUT2D eigenvalue weighted by molar-refractivity contribution is -0.136. The van der Waals surface area contributed by atoms with Gasteiger partial charge in [-0.05, 0) is 30.7 Å². The normalized spacial score (nSPS) is 16.2. The van der Waals surface area contributed by atoms with Crippen molar-refractivity contribution < 1.29 is 17.9 Å². The molecule has 1 aromatic carbocycles. The van der Waals surface area contributed by atoms with E-state index in [0.29, 0.717) is 6.61 Å². The van der Waals surface area contributed by atoms with Crippen molar-refractivity contribution in [2.45, 2.75) is 31.5 Å². The monoisotopic (exact) mass is 259 g/mol. The van der Waals surface area contributed by atoms with Gasteiger partial charge in [0.15, 0.2) is 0 Å². The maximum absolute atomic E-state index is 12.2. The predicted octanol–water partition coefficient (Wildman–Crippen LogP) is 3.22. The Balaban J connectivity index is 2.08. The Morgan fingerprint density at radius 1 is 1.39 bits per heavy atom. The van der Waals surface area contributed by atoms with Gasteiger partial charge in [-0.3, -0.25) is 0 Å². The molecular formula is C13H16F3NO. The number of hydrogen-bond acceptors (Lipinski definition) is 2. The van der Waals surface area contributed by atoms with Gasteiger partial charge in [-0.15, -0.1) is 0 Å². The number of fused-ring (bicyclic) bond motifs is 1. The van der Waals surface area contributed by atoms with E-state index in [1.165, 1.54) is 0 Å². The third-order valence-corrected chi connectivity index (χ3v) is 3.18. The zero-order valence-corrected chi connectivity index (χ0v) is 10.2. The molecule has 1 N–H and O–H groups in total. The van der Waals surface area contributed by atoms with E-state index < -0.39 is 12.6 Å². The molecule has 0 amide bonds. The molecule has 5 heteroatoms. The molecule has 100 valence electrons. The first-order valence-corrected chi connectivity index (χ1v) is 5.99. The highest BCUT2D eigenvalue weighted by molar-refractivity contribution is 5.40. The maximum atomic E-state index is 12.2. The van der Waals surface area contributed by atoms with Crippen molar-refractivity contribution in [1.82, 2.24) is 5.32 Å². The van der Waals surface area contributed by atoms with Crippen molar-refractivity contribution in [3.63, 3.8) is 0 Å². The minimum atomic E-state index is -4.10. The topological polar surface area (TPSA) is 21.3 Å². The Bertz CT molecular complexity index is 417. The molecule has 2 nitrogen and oxygen atoms in total. The highest BCUT2D eigenvalue weighted by Gasteiger charge is 2.28. The molecule has 1 atom stereocenters. The van der Waals surface area contributed by atoms with E-state index in [1.54, 1.807) is 7.05 Å². The standard InChI is InChI=1S/C13H16F3NO/c1-17-11(4-6-13(14,15)16)9-2-3-12-10(8-9)5-7-18-12/h2-3,8,11,17H,4-7H2,1H3. The van der Waals surface area contributed by atoms with Gasteiger partial charge in [0, 0.05) is 18.9 Å². The Morgan fingerprint density at radius 3 is 2.83 bits per heavy atom. The summed E-state index contributed by atoms with van der Waals surface area (Å²) >= 11 is 0. The number of nitrogens with one attached hydrogen (secondary N) is 1. The molecule has 0 saturated heterocycles. The van der Waals surface area contributed by atoms with Gasteiger partial charge in [0.2, 0.25) is 0 Å². The second-order valence-corrected chi connectivity index (χ2v) is 4.46. The Hall–Kier alpha value is -1.23. The number of ether oxygens (including phenoxy) is 1. The van der Waals surface area contributed by atoms with Gasteiger partial charge in [-0.2, -0.15) is 13.2 Å². The number of hydrogen-bond donors (Lipinski definition) is 1. The van der Waals surface area contributed by atoms with E-state index in [9.17, 15) is 13.2 Å². The van der Waals surface area contributed by atoms with Gasteiger partial charge in [-0.1, -0.05) is 12.1 Å². The number of benzene rings is 1. The Kier molecular flexibility index (Phi) is 3.80. The third kappa shape index (κ3) is 3.16. The van der Waals surface area contributed by atoms with Gasteiger partial charge in [-0.25, -0.2) is 0 Å². The van der Waals surface area contributed by atoms with E-state index in [2.05, 4.69) is 5.32 Å². The first kappa shape index (κ1) is 13.2. The van der Waals surface area contributed by atoms with Gasteiger partial charge >= 0.3 is 6.18 Å². The summed E-state index contributed by atoms with van der Waals surface area (Å²) in [6.45, 7) is 0.658. The number of rotatable bonds is 4. The molecular weight excluding hydrogens is 243 g/mol. The smallest absolute Gasteiger partial charge is 0.389 e. The van der Waals surface area contributed by atoms with Crippen LogP contribution in [0.25, 0.3) is 0 Å². The molecule has 1 aliphatic rings. The first-order chi connectivity index (χ1) is 8.49. The summed E-state index contributed by atoms with van der Waals surface area (Å²) in [5.41, 5.74) is 1.98. The van der Waals surface area contributed by atoms with Crippen molar-refractivity contribution in [3.8, 4) is 5.75 Å². The van der Waals surface area contributed by atoms with Crippen LogP contribution in [0.5, 0.6) is 5.75 Å². The van der Waals surface area contributed by atoms with Gasteiger partial charge in [0.05, 0.1) is 6.61 Å². The molecule has 0 aliphatic carbocycles. The molecule has 1 aliphatic heterocycles. The lowest BCUT2D eigenvalue weighted by Gasteiger charge is -2.18. The summed E-state index contributed by atoms with van der Waals surface area (Å²) in [6, 6.07) is 5.36. The fraction of sp³-hybridized carbons (Fsp3) is 0.538. The van der Waals surface area contributed by atoms with Crippen LogP contribution in [0.1, 0.15) is 30.0 Å². The van der Waals surface area contributed by atoms with Crippen LogP contribution in [-0.2, 0) is 6.42 Å². The average molecular weight is 259 g/mol. The van der Waals surface area contributed by atoms with E-state index in [1.807, 2.05) is 18.2 Å². The highest BCUT2D eigenvalue weighted by atomic mass is 19.4. The molecule has 0 bridgehead atoms. The van der Waals surface area contributed by atoms with Crippen LogP contribution in [0.3, 0.4) is 0 Å². The quantitative estimate of drug-likeness (QED) is 0.896. The lowest BCUT2D eigenvalue weighted by atomic mass is 9.99. The summed E-state index contributed by atoms with van der Waals surface area (Å²) in [5, 5.41) is 2.94. The molecule has 0 radical (unpaired) electrons. The van der Waals surface area contributed by atoms with E-state index in [4.69, 9.17) is 4.74 Å². The predicted molar refractivity (Wildman–Crippen MR) is 62.7 cm³/mol. The Labute approximate surface area is 104 Å². The summed E-state index contributed by atoms with van der Waals surface area (Å²) in [7, 11) is 1.69. The molecule has 18 heavy (non-hydrogen) atoms. The SMILES string of the molecule is CNC(CCC(F)(F)F)c1ccc2c(c1)CCO2. The number of alkyl halides is 3. The molecule has 1 unspecified atom stereocenters. The maximum Gasteiger partial charge on any atom is 0.389 e. The highest BCUT2D eigenvalue weighted by Crippen LogP contribution is 2.31. The fourth-order valence-electron chi connectivity index (χ4n) is 2.21. The molecule has 2 rings (SSSR count). The largest absolute Gasteiger partial charge is 0.493 e. The van der Waals surface area contributed by atoms with E-state index >= 15 is 0 Å². The van der Waals surface area contributed by atoms with Crippen LogP contribution in [0.4, 0.5) is 13.2 Å².